The first-order valence-corrected chi connectivity index (χ1v) is 14.5. The summed E-state index contributed by atoms with van der Waals surface area (Å²) in [5.41, 5.74) is 6.64. The number of hydrogen-bond donors (Lipinski definition) is 1. The van der Waals surface area contributed by atoms with E-state index in [0.29, 0.717) is 11.4 Å². The molecule has 0 bridgehead atoms. The van der Waals surface area contributed by atoms with Gasteiger partial charge in [-0.1, -0.05) is 92.0 Å². The quantitative estimate of drug-likeness (QED) is 0.151. The third kappa shape index (κ3) is 7.13. The molecule has 0 spiro atoms. The van der Waals surface area contributed by atoms with E-state index in [-0.39, 0.29) is 11.9 Å². The van der Waals surface area contributed by atoms with Gasteiger partial charge in [-0.25, -0.2) is 0 Å². The first-order chi connectivity index (χ1) is 18.5. The molecule has 1 atom stereocenters. The monoisotopic (exact) mass is 526 g/mol. The smallest absolute Gasteiger partial charge is 0.251 e. The van der Waals surface area contributed by atoms with Crippen LogP contribution in [-0.2, 0) is 12.2 Å². The van der Waals surface area contributed by atoms with E-state index in [0.717, 1.165) is 23.0 Å². The van der Waals surface area contributed by atoms with Crippen molar-refractivity contribution in [1.82, 2.24) is 20.1 Å². The SMILES string of the molecule is CCCCCCc1ccc(C(=O)NC(C)c2nnc(SCc3ccccc3C)n2-c2ccc(C)cc2)cc1. The van der Waals surface area contributed by atoms with Gasteiger partial charge in [0, 0.05) is 17.0 Å². The molecular formula is C32H38N4OS. The number of aromatic nitrogens is 3. The number of carbonyl (C=O) groups excluding carboxylic acids is 1. The van der Waals surface area contributed by atoms with Crippen molar-refractivity contribution in [3.63, 3.8) is 0 Å². The second kappa shape index (κ2) is 13.4. The zero-order valence-electron chi connectivity index (χ0n) is 22.9. The van der Waals surface area contributed by atoms with Crippen LogP contribution in [0.2, 0.25) is 0 Å². The molecule has 1 heterocycles. The van der Waals surface area contributed by atoms with E-state index in [9.17, 15) is 4.79 Å². The van der Waals surface area contributed by atoms with Crippen LogP contribution in [0.3, 0.4) is 0 Å². The first kappa shape index (κ1) is 27.6. The van der Waals surface area contributed by atoms with E-state index in [1.165, 1.54) is 47.9 Å². The van der Waals surface area contributed by atoms with Gasteiger partial charge in [0.1, 0.15) is 0 Å². The number of nitrogens with one attached hydrogen (secondary N) is 1. The minimum atomic E-state index is -0.321. The third-order valence-corrected chi connectivity index (χ3v) is 7.82. The number of carbonyl (C=O) groups is 1. The summed E-state index contributed by atoms with van der Waals surface area (Å²) < 4.78 is 2.06. The predicted molar refractivity (Wildman–Crippen MR) is 157 cm³/mol. The van der Waals surface area contributed by atoms with Crippen molar-refractivity contribution in [3.8, 4) is 5.69 Å². The summed E-state index contributed by atoms with van der Waals surface area (Å²) in [6, 6.07) is 24.4. The molecule has 38 heavy (non-hydrogen) atoms. The molecule has 1 aromatic heterocycles. The molecule has 0 fully saturated rings. The highest BCUT2D eigenvalue weighted by Gasteiger charge is 2.22. The minimum absolute atomic E-state index is 0.109. The van der Waals surface area contributed by atoms with E-state index < -0.39 is 0 Å². The second-order valence-corrected chi connectivity index (χ2v) is 10.9. The number of amides is 1. The molecule has 4 aromatic rings. The number of thioether (sulfide) groups is 1. The average molecular weight is 527 g/mol. The molecule has 0 aliphatic carbocycles. The summed E-state index contributed by atoms with van der Waals surface area (Å²) in [6.45, 7) is 8.39. The number of unbranched alkanes of at least 4 members (excludes halogenated alkanes) is 3. The fourth-order valence-electron chi connectivity index (χ4n) is 4.43. The lowest BCUT2D eigenvalue weighted by Gasteiger charge is -2.17. The van der Waals surface area contributed by atoms with Gasteiger partial charge in [0.05, 0.1) is 6.04 Å². The fourth-order valence-corrected chi connectivity index (χ4v) is 5.46. The molecule has 4 rings (SSSR count). The Bertz CT molecular complexity index is 1330. The zero-order chi connectivity index (χ0) is 26.9. The van der Waals surface area contributed by atoms with Crippen molar-refractivity contribution in [2.45, 2.75) is 76.8 Å². The molecule has 3 aromatic carbocycles. The van der Waals surface area contributed by atoms with Gasteiger partial charge >= 0.3 is 0 Å². The maximum Gasteiger partial charge on any atom is 0.251 e. The van der Waals surface area contributed by atoms with Gasteiger partial charge in [-0.3, -0.25) is 9.36 Å². The van der Waals surface area contributed by atoms with Gasteiger partial charge < -0.3 is 5.32 Å². The van der Waals surface area contributed by atoms with Crippen LogP contribution >= 0.6 is 11.8 Å². The molecule has 1 unspecified atom stereocenters. The lowest BCUT2D eigenvalue weighted by Crippen LogP contribution is -2.28. The molecular weight excluding hydrogens is 488 g/mol. The van der Waals surface area contributed by atoms with Crippen molar-refractivity contribution in [2.75, 3.05) is 0 Å². The van der Waals surface area contributed by atoms with Crippen molar-refractivity contribution in [2.24, 2.45) is 0 Å². The normalized spacial score (nSPS) is 11.9. The lowest BCUT2D eigenvalue weighted by molar-refractivity contribution is 0.0938. The van der Waals surface area contributed by atoms with Gasteiger partial charge in [-0.05, 0) is 74.6 Å². The summed E-state index contributed by atoms with van der Waals surface area (Å²) >= 11 is 1.65. The van der Waals surface area contributed by atoms with Crippen LogP contribution in [0.5, 0.6) is 0 Å². The summed E-state index contributed by atoms with van der Waals surface area (Å²) in [5, 5.41) is 13.0. The molecule has 0 aliphatic rings. The summed E-state index contributed by atoms with van der Waals surface area (Å²) in [5.74, 6) is 1.40. The van der Waals surface area contributed by atoms with Crippen LogP contribution in [0.4, 0.5) is 0 Å². The Labute approximate surface area is 231 Å². The molecule has 6 heteroatoms. The van der Waals surface area contributed by atoms with Crippen molar-refractivity contribution in [3.05, 3.63) is 106 Å². The molecule has 0 radical (unpaired) electrons. The number of hydrogen-bond acceptors (Lipinski definition) is 4. The van der Waals surface area contributed by atoms with E-state index in [1.54, 1.807) is 11.8 Å². The molecule has 198 valence electrons. The van der Waals surface area contributed by atoms with Crippen molar-refractivity contribution in [1.29, 1.82) is 0 Å². The molecule has 1 amide bonds. The Kier molecular flexibility index (Phi) is 9.77. The van der Waals surface area contributed by atoms with Crippen LogP contribution < -0.4 is 5.32 Å². The lowest BCUT2D eigenvalue weighted by atomic mass is 10.0. The highest BCUT2D eigenvalue weighted by atomic mass is 32.2. The highest BCUT2D eigenvalue weighted by Crippen LogP contribution is 2.28. The van der Waals surface area contributed by atoms with Crippen LogP contribution in [0.1, 0.15) is 84.0 Å². The first-order valence-electron chi connectivity index (χ1n) is 13.6. The van der Waals surface area contributed by atoms with Crippen LogP contribution in [-0.4, -0.2) is 20.7 Å². The fraction of sp³-hybridized carbons (Fsp3) is 0.344. The number of benzene rings is 3. The maximum atomic E-state index is 13.1. The summed E-state index contributed by atoms with van der Waals surface area (Å²) in [7, 11) is 0. The number of aryl methyl sites for hydroxylation is 3. The summed E-state index contributed by atoms with van der Waals surface area (Å²) in [6.07, 6.45) is 6.01. The van der Waals surface area contributed by atoms with Crippen LogP contribution in [0.15, 0.2) is 78.0 Å². The van der Waals surface area contributed by atoms with Crippen molar-refractivity contribution < 1.29 is 4.79 Å². The Balaban J connectivity index is 1.50. The van der Waals surface area contributed by atoms with Gasteiger partial charge in [-0.15, -0.1) is 10.2 Å². The second-order valence-electron chi connectivity index (χ2n) is 9.93. The van der Waals surface area contributed by atoms with E-state index in [4.69, 9.17) is 0 Å². The number of rotatable bonds is 12. The standard InChI is InChI=1S/C32H38N4OS/c1-5-6-7-8-12-26-16-18-27(19-17-26)31(37)33-25(4)30-34-35-32(36(30)29-20-14-23(2)15-21-29)38-22-28-13-10-9-11-24(28)3/h9-11,13-21,25H,5-8,12,22H2,1-4H3,(H,33,37). The Morgan fingerprint density at radius 2 is 1.66 bits per heavy atom. The minimum Gasteiger partial charge on any atom is -0.342 e. The zero-order valence-corrected chi connectivity index (χ0v) is 23.7. The Hall–Kier alpha value is -3.38. The number of nitrogens with zero attached hydrogens (tertiary/aromatic N) is 3. The van der Waals surface area contributed by atoms with Gasteiger partial charge in [0.25, 0.3) is 5.91 Å². The molecule has 5 nitrogen and oxygen atoms in total. The topological polar surface area (TPSA) is 59.8 Å². The Morgan fingerprint density at radius 1 is 0.921 bits per heavy atom. The van der Waals surface area contributed by atoms with E-state index in [2.05, 4.69) is 102 Å². The van der Waals surface area contributed by atoms with Gasteiger partial charge in [0.2, 0.25) is 0 Å². The van der Waals surface area contributed by atoms with Gasteiger partial charge in [-0.2, -0.15) is 0 Å². The van der Waals surface area contributed by atoms with E-state index >= 15 is 0 Å². The molecule has 0 saturated carbocycles. The largest absolute Gasteiger partial charge is 0.342 e. The molecule has 0 saturated heterocycles. The van der Waals surface area contributed by atoms with Crippen molar-refractivity contribution >= 4 is 17.7 Å². The summed E-state index contributed by atoms with van der Waals surface area (Å²) in [4.78, 5) is 13.1. The van der Waals surface area contributed by atoms with Crippen LogP contribution in [0.25, 0.3) is 5.69 Å². The predicted octanol–water partition coefficient (Wildman–Crippen LogP) is 7.79. The third-order valence-electron chi connectivity index (χ3n) is 6.84. The molecule has 1 N–H and O–H groups in total. The average Bonchev–Trinajstić information content (AvgIpc) is 3.35. The molecule has 0 aliphatic heterocycles. The van der Waals surface area contributed by atoms with Crippen LogP contribution in [0, 0.1) is 13.8 Å². The van der Waals surface area contributed by atoms with Gasteiger partial charge in [0.15, 0.2) is 11.0 Å². The maximum absolute atomic E-state index is 13.1. The Morgan fingerprint density at radius 3 is 2.37 bits per heavy atom. The highest BCUT2D eigenvalue weighted by molar-refractivity contribution is 7.98. The van der Waals surface area contributed by atoms with E-state index in [1.807, 2.05) is 19.1 Å².